The number of nitrogens with zero attached hydrogens (tertiary/aromatic N) is 2. The number of hydrogen-bond acceptors (Lipinski definition) is 4. The molecule has 0 aliphatic heterocycles. The van der Waals surface area contributed by atoms with Crippen molar-refractivity contribution < 1.29 is 0 Å². The van der Waals surface area contributed by atoms with Crippen LogP contribution in [-0.4, -0.2) is 24.1 Å². The Bertz CT molecular complexity index is 234. The molecule has 3 N–H and O–H groups in total. The average Bonchev–Trinajstić information content (AvgIpc) is 1.85. The van der Waals surface area contributed by atoms with Crippen molar-refractivity contribution in [2.24, 2.45) is 0 Å². The van der Waals surface area contributed by atoms with E-state index in [0.29, 0.717) is 5.69 Å². The molecule has 0 amide bonds. The monoisotopic (exact) mass is 152 g/mol. The Morgan fingerprint density at radius 3 is 2.82 bits per heavy atom. The summed E-state index contributed by atoms with van der Waals surface area (Å²) in [6.07, 6.45) is 1.67. The van der Waals surface area contributed by atoms with E-state index in [4.69, 9.17) is 5.73 Å². The van der Waals surface area contributed by atoms with Crippen molar-refractivity contribution in [1.82, 2.24) is 9.99 Å². The molecule has 11 heavy (non-hydrogen) atoms. The predicted molar refractivity (Wildman–Crippen MR) is 46.0 cm³/mol. The molecular formula is C7H12N4. The quantitative estimate of drug-likeness (QED) is 0.608. The molecule has 4 heteroatoms. The van der Waals surface area contributed by atoms with Crippen molar-refractivity contribution in [3.05, 3.63) is 18.3 Å². The summed E-state index contributed by atoms with van der Waals surface area (Å²) in [5.74, 6) is 0.759. The number of pyridine rings is 1. The van der Waals surface area contributed by atoms with Crippen molar-refractivity contribution in [2.75, 3.05) is 25.3 Å². The summed E-state index contributed by atoms with van der Waals surface area (Å²) in [5, 5.41) is 1.81. The number of aromatic nitrogens is 1. The highest BCUT2D eigenvalue weighted by atomic mass is 15.5. The number of rotatable bonds is 2. The predicted octanol–water partition coefficient (Wildman–Crippen LogP) is 0.552. The zero-order valence-electron chi connectivity index (χ0n) is 6.70. The molecule has 0 aromatic carbocycles. The lowest BCUT2D eigenvalue weighted by molar-refractivity contribution is 0.492. The number of nitrogen functional groups attached to an aromatic ring is 1. The molecule has 1 aromatic rings. The van der Waals surface area contributed by atoms with Crippen LogP contribution in [0.5, 0.6) is 0 Å². The zero-order chi connectivity index (χ0) is 8.27. The van der Waals surface area contributed by atoms with Crippen molar-refractivity contribution in [2.45, 2.75) is 0 Å². The third-order valence-electron chi connectivity index (χ3n) is 1.12. The normalized spacial score (nSPS) is 10.1. The molecular weight excluding hydrogens is 140 g/mol. The van der Waals surface area contributed by atoms with Gasteiger partial charge in [-0.3, -0.25) is 0 Å². The van der Waals surface area contributed by atoms with Gasteiger partial charge in [0.2, 0.25) is 0 Å². The Morgan fingerprint density at radius 2 is 2.27 bits per heavy atom. The van der Waals surface area contributed by atoms with E-state index in [-0.39, 0.29) is 0 Å². The highest BCUT2D eigenvalue weighted by Gasteiger charge is 1.93. The first-order valence-corrected chi connectivity index (χ1v) is 3.34. The molecule has 0 radical (unpaired) electrons. The van der Waals surface area contributed by atoms with Crippen LogP contribution in [0.25, 0.3) is 0 Å². The van der Waals surface area contributed by atoms with E-state index in [0.717, 1.165) is 5.82 Å². The van der Waals surface area contributed by atoms with E-state index in [1.165, 1.54) is 0 Å². The van der Waals surface area contributed by atoms with Crippen molar-refractivity contribution in [3.8, 4) is 0 Å². The number of hydrogen-bond donors (Lipinski definition) is 2. The van der Waals surface area contributed by atoms with Crippen molar-refractivity contribution in [1.29, 1.82) is 0 Å². The highest BCUT2D eigenvalue weighted by molar-refractivity contribution is 5.47. The molecule has 4 nitrogen and oxygen atoms in total. The van der Waals surface area contributed by atoms with Crippen LogP contribution in [0.2, 0.25) is 0 Å². The van der Waals surface area contributed by atoms with Gasteiger partial charge in [-0.2, -0.15) is 0 Å². The zero-order valence-corrected chi connectivity index (χ0v) is 6.70. The second kappa shape index (κ2) is 3.21. The van der Waals surface area contributed by atoms with Gasteiger partial charge in [0.15, 0.2) is 0 Å². The van der Waals surface area contributed by atoms with E-state index in [1.54, 1.807) is 18.3 Å². The Balaban J connectivity index is 2.71. The van der Waals surface area contributed by atoms with Gasteiger partial charge in [-0.15, -0.1) is 0 Å². The summed E-state index contributed by atoms with van der Waals surface area (Å²) in [5.41, 5.74) is 9.24. The molecule has 1 heterocycles. The highest BCUT2D eigenvalue weighted by Crippen LogP contribution is 2.07. The first kappa shape index (κ1) is 7.81. The van der Waals surface area contributed by atoms with Gasteiger partial charge in [0.25, 0.3) is 0 Å². The summed E-state index contributed by atoms with van der Waals surface area (Å²) in [6, 6.07) is 3.53. The topological polar surface area (TPSA) is 54.2 Å². The SMILES string of the molecule is CN(C)Nc1cc(N)ccn1. The number of nitrogens with one attached hydrogen (secondary N) is 1. The fourth-order valence-electron chi connectivity index (χ4n) is 0.737. The molecule has 0 spiro atoms. The fourth-order valence-corrected chi connectivity index (χ4v) is 0.737. The van der Waals surface area contributed by atoms with Crippen LogP contribution in [-0.2, 0) is 0 Å². The Labute approximate surface area is 66.0 Å². The van der Waals surface area contributed by atoms with Crippen LogP contribution >= 0.6 is 0 Å². The third-order valence-corrected chi connectivity index (χ3v) is 1.12. The van der Waals surface area contributed by atoms with Gasteiger partial charge >= 0.3 is 0 Å². The van der Waals surface area contributed by atoms with Gasteiger partial charge in [-0.1, -0.05) is 0 Å². The number of hydrazine groups is 1. The number of anilines is 2. The van der Waals surface area contributed by atoms with Crippen LogP contribution in [0, 0.1) is 0 Å². The van der Waals surface area contributed by atoms with Crippen molar-refractivity contribution >= 4 is 11.5 Å². The number of nitrogens with two attached hydrogens (primary N) is 1. The van der Waals surface area contributed by atoms with E-state index < -0.39 is 0 Å². The fraction of sp³-hybridized carbons (Fsp3) is 0.286. The van der Waals surface area contributed by atoms with Crippen molar-refractivity contribution in [3.63, 3.8) is 0 Å². The Kier molecular flexibility index (Phi) is 2.28. The van der Waals surface area contributed by atoms with E-state index in [2.05, 4.69) is 10.4 Å². The summed E-state index contributed by atoms with van der Waals surface area (Å²) < 4.78 is 0. The van der Waals surface area contributed by atoms with E-state index in [9.17, 15) is 0 Å². The van der Waals surface area contributed by atoms with Crippen LogP contribution in [0.15, 0.2) is 18.3 Å². The molecule has 0 aliphatic rings. The standard InChI is InChI=1S/C7H12N4/c1-11(2)10-7-5-6(8)3-4-9-7/h3-5H,1-2H3,(H3,8,9,10). The second-order valence-corrected chi connectivity index (χ2v) is 2.48. The lowest BCUT2D eigenvalue weighted by Crippen LogP contribution is -2.20. The Hall–Kier alpha value is -1.29. The van der Waals surface area contributed by atoms with Crippen LogP contribution in [0.1, 0.15) is 0 Å². The van der Waals surface area contributed by atoms with Crippen LogP contribution < -0.4 is 11.2 Å². The van der Waals surface area contributed by atoms with Gasteiger partial charge in [-0.25, -0.2) is 9.99 Å². The molecule has 0 aliphatic carbocycles. The van der Waals surface area contributed by atoms with E-state index in [1.807, 2.05) is 19.1 Å². The van der Waals surface area contributed by atoms with Crippen LogP contribution in [0.3, 0.4) is 0 Å². The maximum Gasteiger partial charge on any atom is 0.142 e. The van der Waals surface area contributed by atoms with Gasteiger partial charge < -0.3 is 11.2 Å². The molecule has 1 rings (SSSR count). The summed E-state index contributed by atoms with van der Waals surface area (Å²) in [6.45, 7) is 0. The smallest absolute Gasteiger partial charge is 0.142 e. The second-order valence-electron chi connectivity index (χ2n) is 2.48. The minimum atomic E-state index is 0.712. The van der Waals surface area contributed by atoms with Crippen LogP contribution in [0.4, 0.5) is 11.5 Å². The minimum Gasteiger partial charge on any atom is -0.399 e. The third kappa shape index (κ3) is 2.43. The maximum absolute atomic E-state index is 5.54. The van der Waals surface area contributed by atoms with Gasteiger partial charge in [0.05, 0.1) is 0 Å². The summed E-state index contributed by atoms with van der Waals surface area (Å²) in [7, 11) is 3.79. The van der Waals surface area contributed by atoms with Gasteiger partial charge in [0.1, 0.15) is 5.82 Å². The lowest BCUT2D eigenvalue weighted by Gasteiger charge is -2.11. The molecule has 0 atom stereocenters. The first-order chi connectivity index (χ1) is 5.18. The molecule has 0 bridgehead atoms. The molecule has 0 fully saturated rings. The molecule has 0 saturated heterocycles. The van der Waals surface area contributed by atoms with Gasteiger partial charge in [-0.05, 0) is 6.07 Å². The first-order valence-electron chi connectivity index (χ1n) is 3.34. The molecule has 0 unspecified atom stereocenters. The molecule has 1 aromatic heterocycles. The molecule has 60 valence electrons. The lowest BCUT2D eigenvalue weighted by atomic mass is 10.4. The average molecular weight is 152 g/mol. The Morgan fingerprint density at radius 1 is 1.55 bits per heavy atom. The summed E-state index contributed by atoms with van der Waals surface area (Å²) in [4.78, 5) is 4.05. The maximum atomic E-state index is 5.54. The minimum absolute atomic E-state index is 0.712. The largest absolute Gasteiger partial charge is 0.399 e. The summed E-state index contributed by atoms with van der Waals surface area (Å²) >= 11 is 0. The van der Waals surface area contributed by atoms with E-state index >= 15 is 0 Å². The molecule has 0 saturated carbocycles. The van der Waals surface area contributed by atoms with Gasteiger partial charge in [0, 0.05) is 32.0 Å².